The van der Waals surface area contributed by atoms with E-state index in [9.17, 15) is 0 Å². The normalized spacial score (nSPS) is 12.6. The van der Waals surface area contributed by atoms with Gasteiger partial charge in [-0.15, -0.1) is 0 Å². The fourth-order valence-corrected chi connectivity index (χ4v) is 1.89. The van der Waals surface area contributed by atoms with E-state index in [0.717, 1.165) is 16.7 Å². The van der Waals surface area contributed by atoms with Gasteiger partial charge in [0.15, 0.2) is 5.82 Å². The van der Waals surface area contributed by atoms with E-state index >= 15 is 0 Å². The molecule has 0 aliphatic carbocycles. The van der Waals surface area contributed by atoms with Crippen LogP contribution in [0.15, 0.2) is 33.3 Å². The molecule has 1 aromatic heterocycles. The molecule has 0 radical (unpaired) electrons. The predicted octanol–water partition coefficient (Wildman–Crippen LogP) is 3.31. The van der Waals surface area contributed by atoms with Crippen molar-refractivity contribution in [2.24, 2.45) is 0 Å². The molecule has 5 heteroatoms. The molecule has 1 N–H and O–H groups in total. The summed E-state index contributed by atoms with van der Waals surface area (Å²) in [4.78, 5) is 4.38. The average Bonchev–Trinajstić information content (AvgIpc) is 2.86. The van der Waals surface area contributed by atoms with E-state index in [-0.39, 0.29) is 0 Å². The number of hydrogen-bond donors (Lipinski definition) is 1. The summed E-state index contributed by atoms with van der Waals surface area (Å²) in [6.45, 7) is 4.91. The van der Waals surface area contributed by atoms with E-state index in [0.29, 0.717) is 24.9 Å². The molecule has 2 aromatic rings. The van der Waals surface area contributed by atoms with E-state index in [4.69, 9.17) is 4.52 Å². The molecule has 1 unspecified atom stereocenters. The van der Waals surface area contributed by atoms with E-state index in [1.165, 1.54) is 5.56 Å². The van der Waals surface area contributed by atoms with Crippen molar-refractivity contribution in [3.63, 3.8) is 0 Å². The van der Waals surface area contributed by atoms with Crippen LogP contribution >= 0.6 is 15.9 Å². The van der Waals surface area contributed by atoms with Crippen LogP contribution in [0.5, 0.6) is 0 Å². The van der Waals surface area contributed by atoms with Gasteiger partial charge in [0.25, 0.3) is 0 Å². The number of rotatable bonds is 6. The molecule has 19 heavy (non-hydrogen) atoms. The lowest BCUT2D eigenvalue weighted by Crippen LogP contribution is -2.24. The fourth-order valence-electron chi connectivity index (χ4n) is 1.62. The molecule has 0 aliphatic heterocycles. The quantitative estimate of drug-likeness (QED) is 0.886. The first kappa shape index (κ1) is 14.2. The van der Waals surface area contributed by atoms with Gasteiger partial charge >= 0.3 is 0 Å². The van der Waals surface area contributed by atoms with Crippen molar-refractivity contribution in [2.45, 2.75) is 39.3 Å². The topological polar surface area (TPSA) is 51.0 Å². The molecule has 0 amide bonds. The monoisotopic (exact) mass is 323 g/mol. The van der Waals surface area contributed by atoms with E-state index in [2.05, 4.69) is 57.4 Å². The minimum atomic E-state index is 0.460. The molecule has 0 fully saturated rings. The zero-order chi connectivity index (χ0) is 13.7. The lowest BCUT2D eigenvalue weighted by Gasteiger charge is -2.07. The zero-order valence-corrected chi connectivity index (χ0v) is 12.8. The third-order valence-electron chi connectivity index (χ3n) is 3.00. The van der Waals surface area contributed by atoms with Crippen LogP contribution < -0.4 is 5.32 Å². The summed E-state index contributed by atoms with van der Waals surface area (Å²) in [6.07, 6.45) is 1.78. The number of nitrogens with one attached hydrogen (secondary N) is 1. The first-order valence-corrected chi connectivity index (χ1v) is 7.26. The smallest absolute Gasteiger partial charge is 0.240 e. The maximum atomic E-state index is 5.22. The zero-order valence-electron chi connectivity index (χ0n) is 11.2. The van der Waals surface area contributed by atoms with E-state index in [1.807, 2.05) is 12.1 Å². The van der Waals surface area contributed by atoms with Crippen molar-refractivity contribution in [2.75, 3.05) is 0 Å². The molecule has 0 spiro atoms. The Bertz CT molecular complexity index is 510. The predicted molar refractivity (Wildman–Crippen MR) is 77.8 cm³/mol. The summed E-state index contributed by atoms with van der Waals surface area (Å²) in [7, 11) is 0. The SMILES string of the molecule is CCC(C)NCc1nc(Cc2ccc(Br)cc2)no1. The van der Waals surface area contributed by atoms with Crippen molar-refractivity contribution in [3.8, 4) is 0 Å². The molecule has 0 saturated heterocycles. The van der Waals surface area contributed by atoms with E-state index < -0.39 is 0 Å². The highest BCUT2D eigenvalue weighted by molar-refractivity contribution is 9.10. The van der Waals surface area contributed by atoms with Crippen LogP contribution in [0.25, 0.3) is 0 Å². The number of benzene rings is 1. The molecular weight excluding hydrogens is 306 g/mol. The second-order valence-corrected chi connectivity index (χ2v) is 5.51. The largest absolute Gasteiger partial charge is 0.338 e. The van der Waals surface area contributed by atoms with Gasteiger partial charge in [0, 0.05) is 16.9 Å². The molecule has 102 valence electrons. The van der Waals surface area contributed by atoms with Gasteiger partial charge in [-0.3, -0.25) is 0 Å². The maximum Gasteiger partial charge on any atom is 0.240 e. The third kappa shape index (κ3) is 4.44. The molecular formula is C14H18BrN3O. The lowest BCUT2D eigenvalue weighted by atomic mass is 10.1. The Morgan fingerprint density at radius 1 is 1.32 bits per heavy atom. The lowest BCUT2D eigenvalue weighted by molar-refractivity contribution is 0.354. The minimum Gasteiger partial charge on any atom is -0.338 e. The summed E-state index contributed by atoms with van der Waals surface area (Å²) in [5.74, 6) is 1.37. The second kappa shape index (κ2) is 6.82. The van der Waals surface area contributed by atoms with Crippen LogP contribution in [-0.2, 0) is 13.0 Å². The van der Waals surface area contributed by atoms with Gasteiger partial charge < -0.3 is 9.84 Å². The summed E-state index contributed by atoms with van der Waals surface area (Å²) >= 11 is 3.42. The second-order valence-electron chi connectivity index (χ2n) is 4.60. The van der Waals surface area contributed by atoms with Crippen LogP contribution in [-0.4, -0.2) is 16.2 Å². The summed E-state index contributed by atoms with van der Waals surface area (Å²) in [5.41, 5.74) is 1.17. The van der Waals surface area contributed by atoms with Crippen LogP contribution in [0.2, 0.25) is 0 Å². The van der Waals surface area contributed by atoms with Gasteiger partial charge in [-0.05, 0) is 31.0 Å². The number of halogens is 1. The highest BCUT2D eigenvalue weighted by Crippen LogP contribution is 2.13. The Kier molecular flexibility index (Phi) is 5.10. The standard InChI is InChI=1S/C14H18BrN3O/c1-3-10(2)16-9-14-17-13(18-19-14)8-11-4-6-12(15)7-5-11/h4-7,10,16H,3,8-9H2,1-2H3. The third-order valence-corrected chi connectivity index (χ3v) is 3.53. The molecule has 0 saturated carbocycles. The molecule has 2 rings (SSSR count). The molecule has 1 heterocycles. The molecule has 1 aromatic carbocycles. The van der Waals surface area contributed by atoms with Crippen LogP contribution in [0, 0.1) is 0 Å². The minimum absolute atomic E-state index is 0.460. The average molecular weight is 324 g/mol. The fraction of sp³-hybridized carbons (Fsp3) is 0.429. The Labute approximate surface area is 121 Å². The van der Waals surface area contributed by atoms with Gasteiger partial charge in [0.2, 0.25) is 5.89 Å². The first-order valence-electron chi connectivity index (χ1n) is 6.46. The molecule has 0 bridgehead atoms. The Hall–Kier alpha value is -1.20. The number of aromatic nitrogens is 2. The van der Waals surface area contributed by atoms with Gasteiger partial charge in [-0.2, -0.15) is 4.98 Å². The van der Waals surface area contributed by atoms with Crippen LogP contribution in [0.4, 0.5) is 0 Å². The van der Waals surface area contributed by atoms with E-state index in [1.54, 1.807) is 0 Å². The van der Waals surface area contributed by atoms with Crippen molar-refractivity contribution in [1.29, 1.82) is 0 Å². The van der Waals surface area contributed by atoms with Crippen molar-refractivity contribution in [3.05, 3.63) is 46.0 Å². The summed E-state index contributed by atoms with van der Waals surface area (Å²) in [5, 5.41) is 7.33. The highest BCUT2D eigenvalue weighted by atomic mass is 79.9. The summed E-state index contributed by atoms with van der Waals surface area (Å²) < 4.78 is 6.29. The highest BCUT2D eigenvalue weighted by Gasteiger charge is 2.08. The number of nitrogens with zero attached hydrogens (tertiary/aromatic N) is 2. The Morgan fingerprint density at radius 3 is 2.74 bits per heavy atom. The molecule has 1 atom stereocenters. The number of hydrogen-bond acceptors (Lipinski definition) is 4. The van der Waals surface area contributed by atoms with Crippen LogP contribution in [0.3, 0.4) is 0 Å². The first-order chi connectivity index (χ1) is 9.17. The van der Waals surface area contributed by atoms with Crippen molar-refractivity contribution in [1.82, 2.24) is 15.5 Å². The van der Waals surface area contributed by atoms with Crippen molar-refractivity contribution >= 4 is 15.9 Å². The molecule has 4 nitrogen and oxygen atoms in total. The van der Waals surface area contributed by atoms with Gasteiger partial charge in [-0.25, -0.2) is 0 Å². The van der Waals surface area contributed by atoms with Gasteiger partial charge in [0.05, 0.1) is 6.54 Å². The molecule has 0 aliphatic rings. The summed E-state index contributed by atoms with van der Waals surface area (Å²) in [6, 6.07) is 8.60. The Balaban J connectivity index is 1.91. The van der Waals surface area contributed by atoms with Crippen molar-refractivity contribution < 1.29 is 4.52 Å². The van der Waals surface area contributed by atoms with Gasteiger partial charge in [-0.1, -0.05) is 40.1 Å². The Morgan fingerprint density at radius 2 is 2.05 bits per heavy atom. The van der Waals surface area contributed by atoms with Gasteiger partial charge in [0.1, 0.15) is 0 Å². The maximum absolute atomic E-state index is 5.22. The van der Waals surface area contributed by atoms with Crippen LogP contribution in [0.1, 0.15) is 37.5 Å².